The van der Waals surface area contributed by atoms with E-state index in [1.807, 2.05) is 18.4 Å². The maximum atomic E-state index is 12.6. The number of ether oxygens (including phenoxy) is 3. The van der Waals surface area contributed by atoms with Gasteiger partial charge >= 0.3 is 12.1 Å². The fourth-order valence-electron chi connectivity index (χ4n) is 2.36. The highest BCUT2D eigenvalue weighted by atomic mass is 32.1. The average Bonchev–Trinajstić information content (AvgIpc) is 3.19. The number of halogens is 3. The number of alkyl halides is 3. The number of aryl methyl sites for hydroxylation is 1. The van der Waals surface area contributed by atoms with Crippen molar-refractivity contribution in [3.8, 4) is 11.5 Å². The Morgan fingerprint density at radius 2 is 1.94 bits per heavy atom. The molecule has 0 spiro atoms. The molecule has 1 aromatic carbocycles. The van der Waals surface area contributed by atoms with Crippen LogP contribution in [0.1, 0.15) is 30.1 Å². The number of esters is 1. The third kappa shape index (κ3) is 7.75. The summed E-state index contributed by atoms with van der Waals surface area (Å²) in [5.41, 5.74) is 1.47. The Labute approximate surface area is 183 Å². The van der Waals surface area contributed by atoms with Crippen molar-refractivity contribution in [2.75, 3.05) is 20.3 Å². The van der Waals surface area contributed by atoms with E-state index in [4.69, 9.17) is 9.47 Å². The zero-order valence-corrected chi connectivity index (χ0v) is 18.5. The molecule has 0 radical (unpaired) electrons. The van der Waals surface area contributed by atoms with Gasteiger partial charge in [-0.05, 0) is 50.1 Å². The first-order valence-corrected chi connectivity index (χ1v) is 10.3. The summed E-state index contributed by atoms with van der Waals surface area (Å²) in [4.78, 5) is 15.6. The Kier molecular flexibility index (Phi) is 8.67. The smallest absolute Gasteiger partial charge is 0.412 e. The number of aromatic nitrogens is 1. The summed E-state index contributed by atoms with van der Waals surface area (Å²) in [7, 11) is 1.30. The zero-order chi connectivity index (χ0) is 23.0. The molecule has 1 heterocycles. The number of thiazole rings is 1. The minimum absolute atomic E-state index is 0.163. The van der Waals surface area contributed by atoms with Gasteiger partial charge < -0.3 is 14.2 Å². The first-order chi connectivity index (χ1) is 14.6. The van der Waals surface area contributed by atoms with Crippen LogP contribution in [0.3, 0.4) is 0 Å². The number of carbonyl (C=O) groups is 1. The molecule has 9 heteroatoms. The second kappa shape index (κ2) is 11.0. The number of carbonyl (C=O) groups excluding carboxylic acids is 1. The highest BCUT2D eigenvalue weighted by molar-refractivity contribution is 7.09. The van der Waals surface area contributed by atoms with Crippen molar-refractivity contribution in [3.63, 3.8) is 0 Å². The monoisotopic (exact) mass is 455 g/mol. The lowest BCUT2D eigenvalue weighted by atomic mass is 10.2. The van der Waals surface area contributed by atoms with Gasteiger partial charge in [-0.3, -0.25) is 0 Å². The van der Waals surface area contributed by atoms with Gasteiger partial charge in [0, 0.05) is 17.4 Å². The van der Waals surface area contributed by atoms with Crippen molar-refractivity contribution < 1.29 is 32.2 Å². The number of allylic oxidation sites excluding steroid dienone is 4. The normalized spacial score (nSPS) is 12.6. The van der Waals surface area contributed by atoms with Crippen LogP contribution >= 0.6 is 11.3 Å². The highest BCUT2D eigenvalue weighted by Crippen LogP contribution is 2.26. The molecule has 0 aliphatic carbocycles. The van der Waals surface area contributed by atoms with Gasteiger partial charge in [0.2, 0.25) is 0 Å². The summed E-state index contributed by atoms with van der Waals surface area (Å²) in [6.07, 6.45) is -1.29. The Balaban J connectivity index is 1.89. The van der Waals surface area contributed by atoms with Crippen LogP contribution in [0.5, 0.6) is 11.5 Å². The van der Waals surface area contributed by atoms with E-state index >= 15 is 0 Å². The molecule has 0 saturated heterocycles. The maximum absolute atomic E-state index is 12.6. The summed E-state index contributed by atoms with van der Waals surface area (Å²) >= 11 is 1.43. The van der Waals surface area contributed by atoms with Gasteiger partial charge in [0.15, 0.2) is 6.61 Å². The molecule has 0 atom stereocenters. The second-order valence-electron chi connectivity index (χ2n) is 6.71. The van der Waals surface area contributed by atoms with Crippen molar-refractivity contribution in [1.29, 1.82) is 0 Å². The van der Waals surface area contributed by atoms with E-state index in [0.717, 1.165) is 23.6 Å². The lowest BCUT2D eigenvalue weighted by Gasteiger charge is -2.10. The summed E-state index contributed by atoms with van der Waals surface area (Å²) < 4.78 is 53.4. The van der Waals surface area contributed by atoms with Gasteiger partial charge in [0.05, 0.1) is 24.4 Å². The predicted molar refractivity (Wildman–Crippen MR) is 113 cm³/mol. The van der Waals surface area contributed by atoms with Crippen molar-refractivity contribution >= 4 is 22.9 Å². The molecular weight excluding hydrogens is 431 g/mol. The Bertz CT molecular complexity index is 964. The van der Waals surface area contributed by atoms with Gasteiger partial charge in [-0.25, -0.2) is 9.78 Å². The molecule has 31 heavy (non-hydrogen) atoms. The first-order valence-electron chi connectivity index (χ1n) is 9.40. The molecule has 0 aliphatic rings. The molecule has 0 N–H and O–H groups in total. The van der Waals surface area contributed by atoms with Crippen LogP contribution in [0, 0.1) is 6.92 Å². The minimum Gasteiger partial charge on any atom is -0.493 e. The minimum atomic E-state index is -4.33. The largest absolute Gasteiger partial charge is 0.493 e. The molecule has 0 unspecified atom stereocenters. The molecule has 0 amide bonds. The molecule has 0 bridgehead atoms. The number of hydrogen-bond donors (Lipinski definition) is 0. The van der Waals surface area contributed by atoms with Crippen LogP contribution in [-0.2, 0) is 16.0 Å². The van der Waals surface area contributed by atoms with E-state index in [0.29, 0.717) is 35.8 Å². The quantitative estimate of drug-likeness (QED) is 0.367. The van der Waals surface area contributed by atoms with E-state index in [1.54, 1.807) is 19.1 Å². The van der Waals surface area contributed by atoms with Crippen molar-refractivity contribution in [1.82, 2.24) is 4.98 Å². The number of hydrogen-bond acceptors (Lipinski definition) is 6. The molecule has 168 valence electrons. The van der Waals surface area contributed by atoms with Gasteiger partial charge in [-0.2, -0.15) is 13.2 Å². The van der Waals surface area contributed by atoms with Crippen LogP contribution in [0.4, 0.5) is 13.2 Å². The molecule has 0 fully saturated rings. The number of nitrogens with zero attached hydrogens (tertiary/aromatic N) is 1. The van der Waals surface area contributed by atoms with Gasteiger partial charge in [-0.1, -0.05) is 12.2 Å². The predicted octanol–water partition coefficient (Wildman–Crippen LogP) is 5.54. The first kappa shape index (κ1) is 24.5. The lowest BCUT2D eigenvalue weighted by molar-refractivity contribution is -0.142. The Hall–Kier alpha value is -2.81. The van der Waals surface area contributed by atoms with Gasteiger partial charge in [0.25, 0.3) is 0 Å². The third-order valence-electron chi connectivity index (χ3n) is 4.29. The SMILES string of the molecule is COC(=O)COc1ccc(OCCc2nc(/C(C)=C/C=C(\C)C(F)(F)F)cs2)cc1C. The number of methoxy groups -OCH3 is 1. The summed E-state index contributed by atoms with van der Waals surface area (Å²) in [6.45, 7) is 4.83. The van der Waals surface area contributed by atoms with Crippen molar-refractivity contribution in [3.05, 3.63) is 57.6 Å². The summed E-state index contributed by atoms with van der Waals surface area (Å²) in [6, 6.07) is 5.27. The van der Waals surface area contributed by atoms with Crippen LogP contribution in [0.25, 0.3) is 5.57 Å². The fraction of sp³-hybridized carbons (Fsp3) is 0.364. The molecule has 5 nitrogen and oxygen atoms in total. The summed E-state index contributed by atoms with van der Waals surface area (Å²) in [5.74, 6) is 0.766. The van der Waals surface area contributed by atoms with Crippen molar-refractivity contribution in [2.45, 2.75) is 33.4 Å². The second-order valence-corrected chi connectivity index (χ2v) is 7.66. The number of benzene rings is 1. The van der Waals surface area contributed by atoms with Gasteiger partial charge in [-0.15, -0.1) is 11.3 Å². The Morgan fingerprint density at radius 1 is 1.19 bits per heavy atom. The molecule has 2 rings (SSSR count). The Morgan fingerprint density at radius 3 is 2.58 bits per heavy atom. The number of rotatable bonds is 9. The third-order valence-corrected chi connectivity index (χ3v) is 5.20. The van der Waals surface area contributed by atoms with Crippen LogP contribution in [0.15, 0.2) is 41.3 Å². The van der Waals surface area contributed by atoms with Crippen molar-refractivity contribution in [2.24, 2.45) is 0 Å². The van der Waals surface area contributed by atoms with E-state index in [-0.39, 0.29) is 6.61 Å². The van der Waals surface area contributed by atoms with Crippen LogP contribution < -0.4 is 9.47 Å². The molecular formula is C22H24F3NO4S. The lowest BCUT2D eigenvalue weighted by Crippen LogP contribution is -2.13. The standard InChI is InChI=1S/C22H24F3NO4S/c1-14(5-6-16(3)22(23,24)25)18-13-31-20(26-18)9-10-29-17-7-8-19(15(2)11-17)30-12-21(27)28-4/h5-8,11,13H,9-10,12H2,1-4H3/b14-5+,16-6+. The van der Waals surface area contributed by atoms with E-state index in [9.17, 15) is 18.0 Å². The summed E-state index contributed by atoms with van der Waals surface area (Å²) in [5, 5.41) is 2.64. The van der Waals surface area contributed by atoms with Crippen LogP contribution in [-0.4, -0.2) is 37.5 Å². The van der Waals surface area contributed by atoms with E-state index in [2.05, 4.69) is 9.72 Å². The molecule has 0 saturated carbocycles. The zero-order valence-electron chi connectivity index (χ0n) is 17.7. The van der Waals surface area contributed by atoms with Crippen LogP contribution in [0.2, 0.25) is 0 Å². The maximum Gasteiger partial charge on any atom is 0.412 e. The molecule has 1 aromatic heterocycles. The highest BCUT2D eigenvalue weighted by Gasteiger charge is 2.29. The average molecular weight is 455 g/mol. The van der Waals surface area contributed by atoms with E-state index < -0.39 is 17.7 Å². The van der Waals surface area contributed by atoms with Gasteiger partial charge in [0.1, 0.15) is 11.5 Å². The molecule has 2 aromatic rings. The fourth-order valence-corrected chi connectivity index (χ4v) is 3.20. The topological polar surface area (TPSA) is 57.7 Å². The van der Waals surface area contributed by atoms with E-state index in [1.165, 1.54) is 24.5 Å². The molecule has 0 aliphatic heterocycles.